The van der Waals surface area contributed by atoms with Crippen molar-refractivity contribution in [3.05, 3.63) is 66.5 Å². The van der Waals surface area contributed by atoms with Gasteiger partial charge in [-0.2, -0.15) is 5.10 Å². The molecule has 9 heteroatoms. The van der Waals surface area contributed by atoms with E-state index < -0.39 is 0 Å². The lowest BCUT2D eigenvalue weighted by Crippen LogP contribution is -2.12. The van der Waals surface area contributed by atoms with E-state index >= 15 is 0 Å². The summed E-state index contributed by atoms with van der Waals surface area (Å²) in [6.45, 7) is 2.10. The summed E-state index contributed by atoms with van der Waals surface area (Å²) in [5.74, 6) is 2.62. The van der Waals surface area contributed by atoms with Crippen LogP contribution in [0.2, 0.25) is 0 Å². The molecule has 1 aliphatic rings. The van der Waals surface area contributed by atoms with Gasteiger partial charge in [-0.25, -0.2) is 9.97 Å². The molecule has 1 aromatic carbocycles. The number of fused-ring (bicyclic) bond motifs is 1. The van der Waals surface area contributed by atoms with Gasteiger partial charge in [0, 0.05) is 18.0 Å². The van der Waals surface area contributed by atoms with Gasteiger partial charge in [0.15, 0.2) is 11.5 Å². The lowest BCUT2D eigenvalue weighted by atomic mass is 10.1. The van der Waals surface area contributed by atoms with E-state index in [0.29, 0.717) is 28.6 Å². The molecule has 0 fully saturated rings. The van der Waals surface area contributed by atoms with Gasteiger partial charge in [-0.15, -0.1) is 0 Å². The zero-order valence-corrected chi connectivity index (χ0v) is 15.4. The molecule has 29 heavy (non-hydrogen) atoms. The number of benzene rings is 1. The number of anilines is 1. The molecule has 0 saturated heterocycles. The molecule has 0 saturated carbocycles. The number of carbonyl (C=O) groups is 1. The molecule has 5 rings (SSSR count). The fourth-order valence-electron chi connectivity index (χ4n) is 3.06. The first-order valence-corrected chi connectivity index (χ1v) is 8.90. The van der Waals surface area contributed by atoms with E-state index in [1.54, 1.807) is 24.5 Å². The van der Waals surface area contributed by atoms with Gasteiger partial charge >= 0.3 is 0 Å². The number of amides is 1. The molecule has 1 amide bonds. The Bertz CT molecular complexity index is 1200. The molecule has 3 aromatic heterocycles. The third kappa shape index (κ3) is 3.18. The summed E-state index contributed by atoms with van der Waals surface area (Å²) in [7, 11) is 0. The average Bonchev–Trinajstić information content (AvgIpc) is 3.48. The molecule has 0 radical (unpaired) electrons. The molecule has 9 nitrogen and oxygen atoms in total. The Labute approximate surface area is 165 Å². The van der Waals surface area contributed by atoms with Crippen molar-refractivity contribution in [3.63, 3.8) is 0 Å². The van der Waals surface area contributed by atoms with Crippen molar-refractivity contribution in [2.75, 3.05) is 12.1 Å². The van der Waals surface area contributed by atoms with E-state index in [-0.39, 0.29) is 12.7 Å². The Balaban J connectivity index is 1.31. The highest BCUT2D eigenvalue weighted by Gasteiger charge is 2.16. The number of aromatic amines is 1. The molecule has 0 unspecified atom stereocenters. The fourth-order valence-corrected chi connectivity index (χ4v) is 3.06. The van der Waals surface area contributed by atoms with E-state index in [9.17, 15) is 4.79 Å². The van der Waals surface area contributed by atoms with Crippen LogP contribution in [0.4, 0.5) is 5.69 Å². The van der Waals surface area contributed by atoms with Crippen molar-refractivity contribution in [1.29, 1.82) is 0 Å². The van der Waals surface area contributed by atoms with Gasteiger partial charge in [-0.05, 0) is 43.3 Å². The monoisotopic (exact) mass is 388 g/mol. The minimum absolute atomic E-state index is 0.209. The number of ether oxygens (including phenoxy) is 2. The quantitative estimate of drug-likeness (QED) is 0.557. The molecule has 0 spiro atoms. The SMILES string of the molecule is Cc1nccn1-c1ccc(NC(=O)c2cc(-c3ccc4c(c3)OCO4)n[nH]2)cn1. The second kappa shape index (κ2) is 6.79. The lowest BCUT2D eigenvalue weighted by Gasteiger charge is -2.06. The number of aromatic nitrogens is 5. The largest absolute Gasteiger partial charge is 0.454 e. The van der Waals surface area contributed by atoms with Gasteiger partial charge in [0.05, 0.1) is 17.6 Å². The van der Waals surface area contributed by atoms with Crippen LogP contribution in [0.15, 0.2) is 55.0 Å². The molecule has 4 heterocycles. The number of H-pyrrole nitrogens is 1. The highest BCUT2D eigenvalue weighted by Crippen LogP contribution is 2.35. The number of pyridine rings is 1. The number of nitrogens with zero attached hydrogens (tertiary/aromatic N) is 4. The molecule has 4 aromatic rings. The zero-order chi connectivity index (χ0) is 19.8. The molecule has 0 bridgehead atoms. The van der Waals surface area contributed by atoms with Crippen LogP contribution in [0.5, 0.6) is 11.5 Å². The average molecular weight is 388 g/mol. The van der Waals surface area contributed by atoms with Crippen LogP contribution in [-0.2, 0) is 0 Å². The number of hydrogen-bond donors (Lipinski definition) is 2. The first kappa shape index (κ1) is 17.0. The summed E-state index contributed by atoms with van der Waals surface area (Å²) in [5.41, 5.74) is 2.38. The van der Waals surface area contributed by atoms with Crippen LogP contribution >= 0.6 is 0 Å². The van der Waals surface area contributed by atoms with Crippen molar-refractivity contribution < 1.29 is 14.3 Å². The van der Waals surface area contributed by atoms with Gasteiger partial charge in [-0.3, -0.25) is 14.5 Å². The Morgan fingerprint density at radius 2 is 2.03 bits per heavy atom. The minimum Gasteiger partial charge on any atom is -0.454 e. The highest BCUT2D eigenvalue weighted by atomic mass is 16.7. The number of rotatable bonds is 4. The van der Waals surface area contributed by atoms with Gasteiger partial charge in [0.2, 0.25) is 6.79 Å². The highest BCUT2D eigenvalue weighted by molar-refractivity contribution is 6.03. The van der Waals surface area contributed by atoms with Gasteiger partial charge in [0.1, 0.15) is 17.3 Å². The van der Waals surface area contributed by atoms with Crippen LogP contribution < -0.4 is 14.8 Å². The predicted molar refractivity (Wildman–Crippen MR) is 104 cm³/mol. The standard InChI is InChI=1S/C20H16N6O3/c1-12-21-6-7-26(12)19-5-3-14(10-22-19)23-20(27)16-9-15(24-25-16)13-2-4-17-18(8-13)29-11-28-17/h2-10H,11H2,1H3,(H,23,27)(H,24,25). The molecule has 0 atom stereocenters. The number of nitrogens with one attached hydrogen (secondary N) is 2. The van der Waals surface area contributed by atoms with Crippen molar-refractivity contribution in [3.8, 4) is 28.6 Å². The first-order valence-electron chi connectivity index (χ1n) is 8.90. The van der Waals surface area contributed by atoms with Crippen molar-refractivity contribution >= 4 is 11.6 Å². The van der Waals surface area contributed by atoms with Gasteiger partial charge in [0.25, 0.3) is 5.91 Å². The van der Waals surface area contributed by atoms with E-state index in [1.807, 2.05) is 42.0 Å². The number of imidazole rings is 1. The fraction of sp³-hybridized carbons (Fsp3) is 0.100. The zero-order valence-electron chi connectivity index (χ0n) is 15.4. The van der Waals surface area contributed by atoms with E-state index in [0.717, 1.165) is 17.2 Å². The summed E-state index contributed by atoms with van der Waals surface area (Å²) in [6, 6.07) is 10.8. The van der Waals surface area contributed by atoms with Crippen molar-refractivity contribution in [2.45, 2.75) is 6.92 Å². The second-order valence-electron chi connectivity index (χ2n) is 6.44. The van der Waals surface area contributed by atoms with E-state index in [4.69, 9.17) is 9.47 Å². The molecule has 144 valence electrons. The Morgan fingerprint density at radius 3 is 2.83 bits per heavy atom. The van der Waals surface area contributed by atoms with Gasteiger partial charge in [-0.1, -0.05) is 0 Å². The molecule has 0 aliphatic carbocycles. The third-order valence-electron chi connectivity index (χ3n) is 4.57. The Kier molecular flexibility index (Phi) is 3.98. The van der Waals surface area contributed by atoms with E-state index in [2.05, 4.69) is 25.5 Å². The van der Waals surface area contributed by atoms with E-state index in [1.165, 1.54) is 0 Å². The first-order chi connectivity index (χ1) is 14.2. The van der Waals surface area contributed by atoms with Crippen LogP contribution in [0.1, 0.15) is 16.3 Å². The summed E-state index contributed by atoms with van der Waals surface area (Å²) in [4.78, 5) is 21.1. The molecular weight excluding hydrogens is 372 g/mol. The maximum Gasteiger partial charge on any atom is 0.273 e. The summed E-state index contributed by atoms with van der Waals surface area (Å²) in [6.07, 6.45) is 5.14. The Morgan fingerprint density at radius 1 is 1.14 bits per heavy atom. The van der Waals surface area contributed by atoms with Crippen LogP contribution in [0, 0.1) is 6.92 Å². The smallest absolute Gasteiger partial charge is 0.273 e. The predicted octanol–water partition coefficient (Wildman–Crippen LogP) is 2.95. The topological polar surface area (TPSA) is 107 Å². The number of aryl methyl sites for hydroxylation is 1. The van der Waals surface area contributed by atoms with Crippen molar-refractivity contribution in [2.24, 2.45) is 0 Å². The summed E-state index contributed by atoms with van der Waals surface area (Å²) in [5, 5.41) is 9.80. The van der Waals surface area contributed by atoms with Gasteiger partial charge < -0.3 is 14.8 Å². The summed E-state index contributed by atoms with van der Waals surface area (Å²) >= 11 is 0. The third-order valence-corrected chi connectivity index (χ3v) is 4.57. The van der Waals surface area contributed by atoms with Crippen LogP contribution in [0.25, 0.3) is 17.1 Å². The molecular formula is C20H16N6O3. The normalized spacial score (nSPS) is 12.2. The maximum atomic E-state index is 12.5. The van der Waals surface area contributed by atoms with Crippen LogP contribution in [0.3, 0.4) is 0 Å². The summed E-state index contributed by atoms with van der Waals surface area (Å²) < 4.78 is 12.6. The van der Waals surface area contributed by atoms with Crippen molar-refractivity contribution in [1.82, 2.24) is 24.7 Å². The number of hydrogen-bond acceptors (Lipinski definition) is 6. The Hall–Kier alpha value is -4.14. The lowest BCUT2D eigenvalue weighted by molar-refractivity contribution is 0.102. The molecule has 2 N–H and O–H groups in total. The second-order valence-corrected chi connectivity index (χ2v) is 6.44. The van der Waals surface area contributed by atoms with Crippen LogP contribution in [-0.4, -0.2) is 37.4 Å². The maximum absolute atomic E-state index is 12.5. The molecule has 1 aliphatic heterocycles. The number of carbonyl (C=O) groups excluding carboxylic acids is 1. The minimum atomic E-state index is -0.308.